The Hall–Kier alpha value is -2.30. The number of nitrogens with one attached hydrogen (secondary N) is 1. The van der Waals surface area contributed by atoms with E-state index in [2.05, 4.69) is 10.5 Å². The van der Waals surface area contributed by atoms with Gasteiger partial charge in [-0.05, 0) is 16.8 Å². The first kappa shape index (κ1) is 10.2. The molecule has 0 saturated carbocycles. The van der Waals surface area contributed by atoms with Gasteiger partial charge in [0, 0.05) is 0 Å². The average Bonchev–Trinajstić information content (AvgIpc) is 2.55. The van der Waals surface area contributed by atoms with Crippen LogP contribution in [0.1, 0.15) is 5.56 Å². The molecule has 1 N–H and O–H groups in total. The molecule has 16 heavy (non-hydrogen) atoms. The van der Waals surface area contributed by atoms with Crippen molar-refractivity contribution in [3.8, 4) is 0 Å². The Labute approximate surface area is 91.1 Å². The first-order valence-electron chi connectivity index (χ1n) is 4.66. The summed E-state index contributed by atoms with van der Waals surface area (Å²) in [5.41, 5.74) is 0.887. The molecular formula is C11H8N2O3. The Morgan fingerprint density at radius 3 is 2.44 bits per heavy atom. The summed E-state index contributed by atoms with van der Waals surface area (Å²) in [6.07, 6.45) is 1.52. The van der Waals surface area contributed by atoms with Crippen LogP contribution in [0.5, 0.6) is 0 Å². The van der Waals surface area contributed by atoms with Crippen molar-refractivity contribution in [2.24, 2.45) is 5.18 Å². The van der Waals surface area contributed by atoms with Gasteiger partial charge in [-0.1, -0.05) is 30.3 Å². The van der Waals surface area contributed by atoms with Crippen molar-refractivity contribution < 1.29 is 9.59 Å². The number of ketones is 1. The number of nitrogens with zero attached hydrogens (tertiary/aromatic N) is 1. The summed E-state index contributed by atoms with van der Waals surface area (Å²) < 4.78 is 0. The summed E-state index contributed by atoms with van der Waals surface area (Å²) in [6, 6.07) is 7.59. The van der Waals surface area contributed by atoms with Crippen LogP contribution in [0.25, 0.3) is 6.08 Å². The fourth-order valence-corrected chi connectivity index (χ4v) is 1.45. The summed E-state index contributed by atoms with van der Waals surface area (Å²) in [4.78, 5) is 32.9. The highest BCUT2D eigenvalue weighted by molar-refractivity contribution is 6.22. The van der Waals surface area contributed by atoms with E-state index in [1.807, 2.05) is 18.2 Å². The number of benzene rings is 1. The number of hydrogen-bond acceptors (Lipinski definition) is 4. The predicted molar refractivity (Wildman–Crippen MR) is 57.2 cm³/mol. The van der Waals surface area contributed by atoms with Crippen LogP contribution >= 0.6 is 0 Å². The minimum absolute atomic E-state index is 0.112. The lowest BCUT2D eigenvalue weighted by Crippen LogP contribution is -2.22. The summed E-state index contributed by atoms with van der Waals surface area (Å²) in [5, 5.41) is 4.82. The molecule has 5 heteroatoms. The first-order valence-corrected chi connectivity index (χ1v) is 4.66. The Morgan fingerprint density at radius 2 is 1.88 bits per heavy atom. The van der Waals surface area contributed by atoms with Crippen molar-refractivity contribution in [3.63, 3.8) is 0 Å². The van der Waals surface area contributed by atoms with E-state index in [1.54, 1.807) is 12.1 Å². The molecule has 1 aromatic rings. The zero-order valence-electron chi connectivity index (χ0n) is 8.21. The average molecular weight is 216 g/mol. The molecule has 1 fully saturated rings. The van der Waals surface area contributed by atoms with Crippen molar-refractivity contribution in [2.75, 3.05) is 0 Å². The van der Waals surface area contributed by atoms with E-state index in [-0.39, 0.29) is 5.70 Å². The molecule has 5 nitrogen and oxygen atoms in total. The molecule has 1 aliphatic heterocycles. The number of nitroso groups, excluding NO2 is 1. The summed E-state index contributed by atoms with van der Waals surface area (Å²) in [5.74, 6) is -1.24. The van der Waals surface area contributed by atoms with Gasteiger partial charge < -0.3 is 5.32 Å². The topological polar surface area (TPSA) is 75.6 Å². The van der Waals surface area contributed by atoms with Crippen LogP contribution in [0.3, 0.4) is 0 Å². The van der Waals surface area contributed by atoms with Gasteiger partial charge in [-0.25, -0.2) is 0 Å². The normalized spacial score (nSPS) is 22.2. The van der Waals surface area contributed by atoms with E-state index in [4.69, 9.17) is 0 Å². The highest BCUT2D eigenvalue weighted by Gasteiger charge is 2.38. The lowest BCUT2D eigenvalue weighted by molar-refractivity contribution is -0.123. The van der Waals surface area contributed by atoms with Gasteiger partial charge in [-0.3, -0.25) is 9.59 Å². The van der Waals surface area contributed by atoms with Crippen LogP contribution in [-0.4, -0.2) is 17.7 Å². The number of Topliss-reactive ketones (excluding diaryl/α,β-unsaturated/α-hetero) is 1. The molecule has 1 aliphatic rings. The second-order valence-corrected chi connectivity index (χ2v) is 3.33. The van der Waals surface area contributed by atoms with Crippen molar-refractivity contribution >= 4 is 17.8 Å². The molecule has 0 aliphatic carbocycles. The summed E-state index contributed by atoms with van der Waals surface area (Å²) >= 11 is 0. The van der Waals surface area contributed by atoms with Gasteiger partial charge in [0.15, 0.2) is 0 Å². The molecule has 1 saturated heterocycles. The van der Waals surface area contributed by atoms with Gasteiger partial charge in [0.1, 0.15) is 0 Å². The summed E-state index contributed by atoms with van der Waals surface area (Å²) in [7, 11) is 0. The minimum atomic E-state index is -1.44. The molecule has 1 aromatic carbocycles. The highest BCUT2D eigenvalue weighted by atomic mass is 16.3. The van der Waals surface area contributed by atoms with Gasteiger partial charge in [0.2, 0.25) is 11.8 Å². The quantitative estimate of drug-likeness (QED) is 0.452. The molecule has 0 radical (unpaired) electrons. The van der Waals surface area contributed by atoms with E-state index >= 15 is 0 Å². The maximum atomic E-state index is 11.5. The van der Waals surface area contributed by atoms with Crippen LogP contribution in [0, 0.1) is 4.91 Å². The van der Waals surface area contributed by atoms with Crippen molar-refractivity contribution in [2.45, 2.75) is 6.04 Å². The summed E-state index contributed by atoms with van der Waals surface area (Å²) in [6.45, 7) is 0. The molecule has 1 atom stereocenters. The maximum Gasteiger partial charge on any atom is 0.261 e. The molecule has 1 heterocycles. The molecule has 2 rings (SSSR count). The monoisotopic (exact) mass is 216 g/mol. The fraction of sp³-hybridized carbons (Fsp3) is 0.0909. The van der Waals surface area contributed by atoms with Crippen LogP contribution in [0.4, 0.5) is 0 Å². The van der Waals surface area contributed by atoms with E-state index < -0.39 is 17.7 Å². The third kappa shape index (κ3) is 1.75. The SMILES string of the molecule is O=NC1C(=O)NC(=Cc2ccccc2)C1=O. The van der Waals surface area contributed by atoms with Crippen molar-refractivity contribution in [1.29, 1.82) is 0 Å². The molecule has 0 spiro atoms. The van der Waals surface area contributed by atoms with E-state index in [0.717, 1.165) is 5.56 Å². The van der Waals surface area contributed by atoms with Gasteiger partial charge >= 0.3 is 0 Å². The van der Waals surface area contributed by atoms with Crippen LogP contribution in [0.15, 0.2) is 41.2 Å². The second-order valence-electron chi connectivity index (χ2n) is 3.33. The highest BCUT2D eigenvalue weighted by Crippen LogP contribution is 2.14. The molecular weight excluding hydrogens is 208 g/mol. The smallest absolute Gasteiger partial charge is 0.261 e. The number of carbonyl (C=O) groups is 2. The molecule has 1 amide bonds. The Morgan fingerprint density at radius 1 is 1.19 bits per heavy atom. The molecule has 0 bridgehead atoms. The van der Waals surface area contributed by atoms with Crippen molar-refractivity contribution in [1.82, 2.24) is 5.32 Å². The van der Waals surface area contributed by atoms with E-state index in [9.17, 15) is 14.5 Å². The minimum Gasteiger partial charge on any atom is -0.321 e. The third-order valence-electron chi connectivity index (χ3n) is 2.24. The Balaban J connectivity index is 2.31. The van der Waals surface area contributed by atoms with Crippen LogP contribution in [-0.2, 0) is 9.59 Å². The zero-order valence-corrected chi connectivity index (χ0v) is 8.21. The van der Waals surface area contributed by atoms with E-state index in [1.165, 1.54) is 6.08 Å². The number of carbonyl (C=O) groups excluding carboxylic acids is 2. The first-order chi connectivity index (χ1) is 7.72. The zero-order chi connectivity index (χ0) is 11.5. The number of hydrogen-bond donors (Lipinski definition) is 1. The standard InChI is InChI=1S/C11H8N2O3/c14-10-8(12-11(15)9(10)13-16)6-7-4-2-1-3-5-7/h1-6,9H,(H,12,15). The molecule has 0 aromatic heterocycles. The largest absolute Gasteiger partial charge is 0.321 e. The lowest BCUT2D eigenvalue weighted by Gasteiger charge is -1.95. The second kappa shape index (κ2) is 4.06. The van der Waals surface area contributed by atoms with Gasteiger partial charge in [0.25, 0.3) is 5.91 Å². The van der Waals surface area contributed by atoms with Gasteiger partial charge in [0.05, 0.1) is 5.70 Å². The van der Waals surface area contributed by atoms with Crippen molar-refractivity contribution in [3.05, 3.63) is 46.5 Å². The Bertz CT molecular complexity index is 479. The third-order valence-corrected chi connectivity index (χ3v) is 2.24. The predicted octanol–water partition coefficient (Wildman–Crippen LogP) is 0.861. The van der Waals surface area contributed by atoms with Crippen LogP contribution < -0.4 is 5.32 Å². The fourth-order valence-electron chi connectivity index (χ4n) is 1.45. The lowest BCUT2D eigenvalue weighted by atomic mass is 10.1. The van der Waals surface area contributed by atoms with Crippen LogP contribution in [0.2, 0.25) is 0 Å². The number of amides is 1. The molecule has 80 valence electrons. The van der Waals surface area contributed by atoms with Gasteiger partial charge in [-0.15, -0.1) is 4.91 Å². The number of rotatable bonds is 2. The Kier molecular flexibility index (Phi) is 2.59. The van der Waals surface area contributed by atoms with E-state index in [0.29, 0.717) is 0 Å². The maximum absolute atomic E-state index is 11.5. The molecule has 1 unspecified atom stereocenters. The van der Waals surface area contributed by atoms with Gasteiger partial charge in [-0.2, -0.15) is 0 Å².